The molecule has 1 saturated heterocycles. The van der Waals surface area contributed by atoms with Crippen molar-refractivity contribution in [2.24, 2.45) is 5.92 Å². The first-order valence-corrected chi connectivity index (χ1v) is 6.09. The second-order valence-corrected chi connectivity index (χ2v) is 4.84. The molecular weight excluding hydrogens is 210 g/mol. The van der Waals surface area contributed by atoms with Crippen molar-refractivity contribution in [3.63, 3.8) is 0 Å². The average Bonchev–Trinajstić information content (AvgIpc) is 2.85. The van der Waals surface area contributed by atoms with Gasteiger partial charge in [0.25, 0.3) is 0 Å². The van der Waals surface area contributed by atoms with Crippen molar-refractivity contribution in [1.29, 1.82) is 0 Å². The van der Waals surface area contributed by atoms with Crippen molar-refractivity contribution in [3.05, 3.63) is 22.4 Å². The van der Waals surface area contributed by atoms with E-state index in [-0.39, 0.29) is 11.8 Å². The van der Waals surface area contributed by atoms with Gasteiger partial charge in [0.15, 0.2) is 0 Å². The summed E-state index contributed by atoms with van der Waals surface area (Å²) in [4.78, 5) is 14.3. The fraction of sp³-hybridized carbons (Fsp3) is 0.545. The molecule has 0 aromatic carbocycles. The van der Waals surface area contributed by atoms with Crippen LogP contribution in [0.3, 0.4) is 0 Å². The van der Waals surface area contributed by atoms with Gasteiger partial charge in [-0.3, -0.25) is 4.79 Å². The highest BCUT2D eigenvalue weighted by molar-refractivity contribution is 7.10. The van der Waals surface area contributed by atoms with Crippen molar-refractivity contribution in [3.8, 4) is 0 Å². The van der Waals surface area contributed by atoms with Crippen LogP contribution in [0.15, 0.2) is 17.5 Å². The number of amides is 1. The summed E-state index contributed by atoms with van der Waals surface area (Å²) < 4.78 is 0. The van der Waals surface area contributed by atoms with Gasteiger partial charge in [-0.15, -0.1) is 11.3 Å². The molecule has 0 radical (unpaired) electrons. The number of aliphatic hydroxyl groups excluding tert-OH is 1. The Morgan fingerprint density at radius 3 is 3.07 bits per heavy atom. The largest absolute Gasteiger partial charge is 0.387 e. The van der Waals surface area contributed by atoms with Gasteiger partial charge in [0, 0.05) is 30.3 Å². The standard InChI is InChI=1S/C11H15NO2S/c1-2-12-7-8(6-10(12)13)11(14)9-4-3-5-15-9/h3-5,8,11,14H,2,6-7H2,1H3. The van der Waals surface area contributed by atoms with E-state index >= 15 is 0 Å². The van der Waals surface area contributed by atoms with Gasteiger partial charge in [0.2, 0.25) is 5.91 Å². The molecule has 1 amide bonds. The minimum atomic E-state index is -0.481. The molecular formula is C11H15NO2S. The zero-order valence-corrected chi connectivity index (χ0v) is 9.54. The Labute approximate surface area is 93.3 Å². The quantitative estimate of drug-likeness (QED) is 0.849. The predicted octanol–water partition coefficient (Wildman–Crippen LogP) is 1.65. The van der Waals surface area contributed by atoms with Gasteiger partial charge in [-0.2, -0.15) is 0 Å². The van der Waals surface area contributed by atoms with Gasteiger partial charge in [-0.1, -0.05) is 6.07 Å². The van der Waals surface area contributed by atoms with Crippen molar-refractivity contribution >= 4 is 17.2 Å². The Balaban J connectivity index is 2.04. The molecule has 0 aliphatic carbocycles. The third-order valence-electron chi connectivity index (χ3n) is 2.91. The number of nitrogens with zero attached hydrogens (tertiary/aromatic N) is 1. The molecule has 2 rings (SSSR count). The molecule has 3 nitrogen and oxygen atoms in total. The highest BCUT2D eigenvalue weighted by atomic mass is 32.1. The van der Waals surface area contributed by atoms with E-state index in [9.17, 15) is 9.90 Å². The number of hydrogen-bond donors (Lipinski definition) is 1. The first-order valence-electron chi connectivity index (χ1n) is 5.21. The van der Waals surface area contributed by atoms with E-state index in [0.717, 1.165) is 11.4 Å². The minimum Gasteiger partial charge on any atom is -0.387 e. The second-order valence-electron chi connectivity index (χ2n) is 3.86. The summed E-state index contributed by atoms with van der Waals surface area (Å²) in [5.74, 6) is 0.231. The van der Waals surface area contributed by atoms with Gasteiger partial charge in [0.05, 0.1) is 6.10 Å². The first-order chi connectivity index (χ1) is 7.22. The van der Waals surface area contributed by atoms with Crippen LogP contribution >= 0.6 is 11.3 Å². The molecule has 15 heavy (non-hydrogen) atoms. The smallest absolute Gasteiger partial charge is 0.223 e. The number of likely N-dealkylation sites (tertiary alicyclic amines) is 1. The van der Waals surface area contributed by atoms with Crippen LogP contribution in [0.2, 0.25) is 0 Å². The van der Waals surface area contributed by atoms with Crippen LogP contribution in [0.25, 0.3) is 0 Å². The number of thiophene rings is 1. The molecule has 2 unspecified atom stereocenters. The number of aliphatic hydroxyl groups is 1. The molecule has 1 aromatic rings. The number of carbonyl (C=O) groups is 1. The third kappa shape index (κ3) is 2.06. The van der Waals surface area contributed by atoms with Crippen LogP contribution in [-0.2, 0) is 4.79 Å². The summed E-state index contributed by atoms with van der Waals surface area (Å²) in [5, 5.41) is 12.0. The maximum atomic E-state index is 11.5. The molecule has 1 fully saturated rings. The van der Waals surface area contributed by atoms with Gasteiger partial charge in [0.1, 0.15) is 0 Å². The SMILES string of the molecule is CCN1CC(C(O)c2cccs2)CC1=O. The molecule has 2 heterocycles. The maximum Gasteiger partial charge on any atom is 0.223 e. The van der Waals surface area contributed by atoms with Gasteiger partial charge in [-0.05, 0) is 18.4 Å². The summed E-state index contributed by atoms with van der Waals surface area (Å²) in [6.07, 6.45) is -0.00194. The van der Waals surface area contributed by atoms with E-state index in [1.165, 1.54) is 0 Å². The Hall–Kier alpha value is -0.870. The molecule has 2 atom stereocenters. The molecule has 0 bridgehead atoms. The number of carbonyl (C=O) groups excluding carboxylic acids is 1. The van der Waals surface area contributed by atoms with Crippen LogP contribution in [-0.4, -0.2) is 29.0 Å². The maximum absolute atomic E-state index is 11.5. The lowest BCUT2D eigenvalue weighted by molar-refractivity contribution is -0.127. The fourth-order valence-electron chi connectivity index (χ4n) is 2.01. The fourth-order valence-corrected chi connectivity index (χ4v) is 2.81. The topological polar surface area (TPSA) is 40.5 Å². The van der Waals surface area contributed by atoms with Crippen LogP contribution in [0, 0.1) is 5.92 Å². The van der Waals surface area contributed by atoms with Gasteiger partial charge in [-0.25, -0.2) is 0 Å². The van der Waals surface area contributed by atoms with Crippen molar-refractivity contribution in [2.45, 2.75) is 19.4 Å². The highest BCUT2D eigenvalue weighted by Crippen LogP contribution is 2.32. The Kier molecular flexibility index (Phi) is 3.07. The lowest BCUT2D eigenvalue weighted by Gasteiger charge is -2.17. The molecule has 4 heteroatoms. The van der Waals surface area contributed by atoms with E-state index in [1.54, 1.807) is 11.3 Å². The Bertz CT molecular complexity index is 336. The van der Waals surface area contributed by atoms with E-state index in [2.05, 4.69) is 0 Å². The van der Waals surface area contributed by atoms with Gasteiger partial charge < -0.3 is 10.0 Å². The molecule has 1 aromatic heterocycles. The molecule has 82 valence electrons. The van der Waals surface area contributed by atoms with Crippen molar-refractivity contribution < 1.29 is 9.90 Å². The van der Waals surface area contributed by atoms with Gasteiger partial charge >= 0.3 is 0 Å². The zero-order chi connectivity index (χ0) is 10.8. The summed E-state index contributed by atoms with van der Waals surface area (Å²) in [6.45, 7) is 3.40. The second kappa shape index (κ2) is 4.33. The van der Waals surface area contributed by atoms with E-state index in [1.807, 2.05) is 29.3 Å². The van der Waals surface area contributed by atoms with Crippen LogP contribution < -0.4 is 0 Å². The monoisotopic (exact) mass is 225 g/mol. The van der Waals surface area contributed by atoms with Crippen LogP contribution in [0.4, 0.5) is 0 Å². The lowest BCUT2D eigenvalue weighted by Crippen LogP contribution is -2.25. The minimum absolute atomic E-state index is 0.0658. The summed E-state index contributed by atoms with van der Waals surface area (Å²) in [6, 6.07) is 3.85. The Morgan fingerprint density at radius 2 is 2.53 bits per heavy atom. The number of rotatable bonds is 3. The third-order valence-corrected chi connectivity index (χ3v) is 3.85. The molecule has 1 aliphatic heterocycles. The number of hydrogen-bond acceptors (Lipinski definition) is 3. The molecule has 0 spiro atoms. The summed E-state index contributed by atoms with van der Waals surface area (Å²) >= 11 is 1.55. The predicted molar refractivity (Wildman–Crippen MR) is 59.6 cm³/mol. The average molecular weight is 225 g/mol. The Morgan fingerprint density at radius 1 is 1.73 bits per heavy atom. The highest BCUT2D eigenvalue weighted by Gasteiger charge is 2.34. The van der Waals surface area contributed by atoms with E-state index < -0.39 is 6.10 Å². The zero-order valence-electron chi connectivity index (χ0n) is 8.72. The van der Waals surface area contributed by atoms with Crippen molar-refractivity contribution in [1.82, 2.24) is 4.90 Å². The van der Waals surface area contributed by atoms with E-state index in [4.69, 9.17) is 0 Å². The van der Waals surface area contributed by atoms with E-state index in [0.29, 0.717) is 13.0 Å². The molecule has 1 N–H and O–H groups in total. The summed E-state index contributed by atoms with van der Waals surface area (Å²) in [5.41, 5.74) is 0. The normalized spacial score (nSPS) is 23.5. The first kappa shape index (κ1) is 10.6. The molecule has 0 saturated carbocycles. The van der Waals surface area contributed by atoms with Crippen molar-refractivity contribution in [2.75, 3.05) is 13.1 Å². The lowest BCUT2D eigenvalue weighted by atomic mass is 10.0. The summed E-state index contributed by atoms with van der Waals surface area (Å²) in [7, 11) is 0. The van der Waals surface area contributed by atoms with Crippen LogP contribution in [0.1, 0.15) is 24.3 Å². The molecule has 1 aliphatic rings. The van der Waals surface area contributed by atoms with Crippen LogP contribution in [0.5, 0.6) is 0 Å².